The van der Waals surface area contributed by atoms with Crippen LogP contribution in [0.3, 0.4) is 0 Å². The average Bonchev–Trinajstić information content (AvgIpc) is 1.64. The smallest absolute Gasteiger partial charge is 0.294 e. The maximum absolute atomic E-state index is 11.1. The van der Waals surface area contributed by atoms with E-state index in [2.05, 4.69) is 17.3 Å². The second-order valence-corrected chi connectivity index (χ2v) is 1.32. The van der Waals surface area contributed by atoms with E-state index in [-0.39, 0.29) is 0 Å². The highest BCUT2D eigenvalue weighted by molar-refractivity contribution is 6.42. The minimum atomic E-state index is -2.25. The van der Waals surface area contributed by atoms with Gasteiger partial charge in [0.15, 0.2) is 5.03 Å². The molecule has 0 fully saturated rings. The van der Waals surface area contributed by atoms with Gasteiger partial charge in [0.25, 0.3) is 12.0 Å². The Balaban J connectivity index is 4.23. The van der Waals surface area contributed by atoms with E-state index >= 15 is 0 Å². The maximum Gasteiger partial charge on any atom is 0.294 e. The quantitative estimate of drug-likeness (QED) is 0.540. The van der Waals surface area contributed by atoms with Crippen molar-refractivity contribution in [3.05, 3.63) is 11.1 Å². The Kier molecular flexibility index (Phi) is 2.41. The zero-order valence-corrected chi connectivity index (χ0v) is 4.38. The van der Waals surface area contributed by atoms with Crippen LogP contribution in [0.4, 0.5) is 8.78 Å². The molecule has 0 radical (unpaired) electrons. The summed E-state index contributed by atoms with van der Waals surface area (Å²) >= 11 is 4.61. The van der Waals surface area contributed by atoms with Crippen molar-refractivity contribution in [2.24, 2.45) is 5.73 Å². The van der Waals surface area contributed by atoms with Gasteiger partial charge in [-0.3, -0.25) is 4.79 Å². The van der Waals surface area contributed by atoms with Crippen LogP contribution in [0.15, 0.2) is 11.1 Å². The Bertz CT molecular complexity index is 140. The summed E-state index contributed by atoms with van der Waals surface area (Å²) in [6.45, 7) is 0. The zero-order chi connectivity index (χ0) is 6.73. The molecule has 0 aromatic rings. The summed E-state index contributed by atoms with van der Waals surface area (Å²) in [6, 6.07) is 0. The number of nitrogens with two attached hydrogens (primary N) is 1. The predicted octanol–water partition coefficient (Wildman–Crippen LogP) is 0.819. The number of primary amides is 1. The SMILES string of the molecule is NC(=O)C(Cl)=C(F)F. The van der Waals surface area contributed by atoms with Crippen molar-refractivity contribution >= 4 is 17.5 Å². The van der Waals surface area contributed by atoms with Gasteiger partial charge >= 0.3 is 0 Å². The molecule has 0 rings (SSSR count). The first-order valence-electron chi connectivity index (χ1n) is 1.56. The third-order valence-electron chi connectivity index (χ3n) is 0.382. The number of carbonyl (C=O) groups excluding carboxylic acids is 1. The summed E-state index contributed by atoms with van der Waals surface area (Å²) in [5, 5.41) is -1.20. The summed E-state index contributed by atoms with van der Waals surface area (Å²) in [6.07, 6.45) is -2.25. The van der Waals surface area contributed by atoms with Crippen LogP contribution in [0.25, 0.3) is 0 Å². The van der Waals surface area contributed by atoms with Crippen LogP contribution in [0, 0.1) is 0 Å². The number of hydrogen-bond donors (Lipinski definition) is 1. The third-order valence-corrected chi connectivity index (χ3v) is 0.711. The second-order valence-electron chi connectivity index (χ2n) is 0.939. The van der Waals surface area contributed by atoms with Gasteiger partial charge in [0.05, 0.1) is 0 Å². The Morgan fingerprint density at radius 1 is 1.50 bits per heavy atom. The number of carbonyl (C=O) groups is 1. The topological polar surface area (TPSA) is 43.1 Å². The molecule has 46 valence electrons. The van der Waals surface area contributed by atoms with Crippen LogP contribution in [0.2, 0.25) is 0 Å². The van der Waals surface area contributed by atoms with E-state index in [9.17, 15) is 13.6 Å². The number of amides is 1. The van der Waals surface area contributed by atoms with E-state index in [1.165, 1.54) is 0 Å². The van der Waals surface area contributed by atoms with Gasteiger partial charge < -0.3 is 5.73 Å². The van der Waals surface area contributed by atoms with E-state index in [1.807, 2.05) is 0 Å². The molecule has 2 nitrogen and oxygen atoms in total. The fourth-order valence-corrected chi connectivity index (χ4v) is 0.0931. The highest BCUT2D eigenvalue weighted by Crippen LogP contribution is 2.10. The molecule has 0 atom stereocenters. The van der Waals surface area contributed by atoms with E-state index in [0.29, 0.717) is 0 Å². The second kappa shape index (κ2) is 2.61. The highest BCUT2D eigenvalue weighted by Gasteiger charge is 2.07. The lowest BCUT2D eigenvalue weighted by atomic mass is 10.6. The number of hydrogen-bond acceptors (Lipinski definition) is 1. The molecule has 0 aliphatic carbocycles. The minimum Gasteiger partial charge on any atom is -0.365 e. The Morgan fingerprint density at radius 3 is 1.88 bits per heavy atom. The van der Waals surface area contributed by atoms with Crippen LogP contribution >= 0.6 is 11.6 Å². The Labute approximate surface area is 48.9 Å². The van der Waals surface area contributed by atoms with E-state index in [0.717, 1.165) is 0 Å². The lowest BCUT2D eigenvalue weighted by molar-refractivity contribution is -0.114. The molecule has 0 saturated heterocycles. The lowest BCUT2D eigenvalue weighted by Crippen LogP contribution is -2.10. The normalized spacial score (nSPS) is 8.38. The monoisotopic (exact) mass is 141 g/mol. The Hall–Kier alpha value is -0.640. The molecule has 0 aliphatic rings. The first-order chi connectivity index (χ1) is 3.55. The highest BCUT2D eigenvalue weighted by atomic mass is 35.5. The van der Waals surface area contributed by atoms with Gasteiger partial charge in [-0.05, 0) is 0 Å². The van der Waals surface area contributed by atoms with Gasteiger partial charge in [0.2, 0.25) is 0 Å². The molecule has 8 heavy (non-hydrogen) atoms. The molecule has 5 heteroatoms. The van der Waals surface area contributed by atoms with Crippen LogP contribution in [-0.4, -0.2) is 5.91 Å². The molecule has 2 N–H and O–H groups in total. The molecule has 0 aliphatic heterocycles. The fraction of sp³-hybridized carbons (Fsp3) is 0. The van der Waals surface area contributed by atoms with Crippen molar-refractivity contribution in [3.63, 3.8) is 0 Å². The third kappa shape index (κ3) is 1.88. The summed E-state index contributed by atoms with van der Waals surface area (Å²) in [5.41, 5.74) is 4.33. The molecule has 0 unspecified atom stereocenters. The van der Waals surface area contributed by atoms with Crippen molar-refractivity contribution < 1.29 is 13.6 Å². The minimum absolute atomic E-state index is 1.20. The van der Waals surface area contributed by atoms with E-state index in [1.54, 1.807) is 0 Å². The first kappa shape index (κ1) is 7.36. The van der Waals surface area contributed by atoms with E-state index < -0.39 is 17.0 Å². The van der Waals surface area contributed by atoms with Gasteiger partial charge in [-0.1, -0.05) is 11.6 Å². The summed E-state index contributed by atoms with van der Waals surface area (Å²) < 4.78 is 22.3. The largest absolute Gasteiger partial charge is 0.365 e. The van der Waals surface area contributed by atoms with Crippen molar-refractivity contribution in [3.8, 4) is 0 Å². The van der Waals surface area contributed by atoms with Gasteiger partial charge in [0, 0.05) is 0 Å². The average molecular weight is 142 g/mol. The van der Waals surface area contributed by atoms with E-state index in [4.69, 9.17) is 0 Å². The molecule has 0 saturated carbocycles. The molecule has 0 spiro atoms. The van der Waals surface area contributed by atoms with Crippen molar-refractivity contribution in [2.45, 2.75) is 0 Å². The Morgan fingerprint density at radius 2 is 1.88 bits per heavy atom. The first-order valence-corrected chi connectivity index (χ1v) is 1.94. The van der Waals surface area contributed by atoms with Crippen LogP contribution in [0.1, 0.15) is 0 Å². The van der Waals surface area contributed by atoms with Crippen LogP contribution in [0.5, 0.6) is 0 Å². The van der Waals surface area contributed by atoms with Crippen LogP contribution in [-0.2, 0) is 4.79 Å². The number of halogens is 3. The molecular weight excluding hydrogens is 139 g/mol. The van der Waals surface area contributed by atoms with Crippen molar-refractivity contribution in [1.29, 1.82) is 0 Å². The molecular formula is C3H2ClF2NO. The molecule has 1 amide bonds. The van der Waals surface area contributed by atoms with Gasteiger partial charge in [-0.2, -0.15) is 8.78 Å². The maximum atomic E-state index is 11.1. The van der Waals surface area contributed by atoms with Crippen molar-refractivity contribution in [2.75, 3.05) is 0 Å². The van der Waals surface area contributed by atoms with Crippen molar-refractivity contribution in [1.82, 2.24) is 0 Å². The number of rotatable bonds is 1. The van der Waals surface area contributed by atoms with Crippen LogP contribution < -0.4 is 5.73 Å². The summed E-state index contributed by atoms with van der Waals surface area (Å²) in [4.78, 5) is 9.69. The lowest BCUT2D eigenvalue weighted by Gasteiger charge is -1.84. The summed E-state index contributed by atoms with van der Waals surface area (Å²) in [5.74, 6) is -1.31. The fourth-order valence-electron chi connectivity index (χ4n) is 0.0931. The molecule has 0 aromatic carbocycles. The predicted molar refractivity (Wildman–Crippen MR) is 24.3 cm³/mol. The molecule has 0 aromatic heterocycles. The zero-order valence-electron chi connectivity index (χ0n) is 3.62. The van der Waals surface area contributed by atoms with Gasteiger partial charge in [-0.25, -0.2) is 0 Å². The molecule has 0 heterocycles. The molecule has 0 bridgehead atoms. The standard InChI is InChI=1S/C3H2ClF2NO/c4-1(2(5)6)3(7)8/h(H2,7,8). The van der Waals surface area contributed by atoms with Gasteiger partial charge in [0.1, 0.15) is 0 Å². The van der Waals surface area contributed by atoms with Gasteiger partial charge in [-0.15, -0.1) is 0 Å². The summed E-state index contributed by atoms with van der Waals surface area (Å²) in [7, 11) is 0.